The van der Waals surface area contributed by atoms with Crippen LogP contribution in [0.1, 0.15) is 51.1 Å². The normalized spacial score (nSPS) is 18.6. The van der Waals surface area contributed by atoms with Crippen molar-refractivity contribution in [2.75, 3.05) is 6.61 Å². The van der Waals surface area contributed by atoms with Crippen LogP contribution in [0.2, 0.25) is 0 Å². The molecule has 1 aromatic carbocycles. The number of carbonyl (C=O) groups is 1. The van der Waals surface area contributed by atoms with E-state index in [2.05, 4.69) is 22.8 Å². The second-order valence-corrected chi connectivity index (χ2v) is 6.29. The van der Waals surface area contributed by atoms with Crippen molar-refractivity contribution in [3.8, 4) is 0 Å². The number of aliphatic hydroxyl groups is 1. The molecule has 2 unspecified atom stereocenters. The molecule has 116 valence electrons. The minimum atomic E-state index is -0.552. The lowest BCUT2D eigenvalue weighted by atomic mass is 9.97. The fourth-order valence-electron chi connectivity index (χ4n) is 2.75. The van der Waals surface area contributed by atoms with Gasteiger partial charge in [0.05, 0.1) is 18.2 Å². The third-order valence-electron chi connectivity index (χ3n) is 4.10. The van der Waals surface area contributed by atoms with Gasteiger partial charge in [0, 0.05) is 0 Å². The van der Waals surface area contributed by atoms with E-state index in [1.165, 1.54) is 0 Å². The number of hydrogen-bond acceptors (Lipinski definition) is 2. The van der Waals surface area contributed by atoms with Crippen LogP contribution in [-0.4, -0.2) is 23.3 Å². The Morgan fingerprint density at radius 2 is 2.05 bits per heavy atom. The molecule has 1 aromatic rings. The molecule has 1 saturated carbocycles. The standard InChI is InChI=1S/C17H26N2O2/c1-3-11-17(2,12-20)19-16(21)18-15(14-9-10-14)13-7-5-4-6-8-13/h4-8,14-15,20H,3,9-12H2,1-2H3,(H2,18,19,21). The third-order valence-corrected chi connectivity index (χ3v) is 4.10. The molecule has 0 radical (unpaired) electrons. The van der Waals surface area contributed by atoms with Crippen LogP contribution in [0.4, 0.5) is 4.79 Å². The Morgan fingerprint density at radius 3 is 2.57 bits per heavy atom. The SMILES string of the molecule is CCCC(C)(CO)NC(=O)NC(c1ccccc1)C1CC1. The van der Waals surface area contributed by atoms with E-state index >= 15 is 0 Å². The van der Waals surface area contributed by atoms with E-state index < -0.39 is 5.54 Å². The summed E-state index contributed by atoms with van der Waals surface area (Å²) in [5.41, 5.74) is 0.597. The zero-order chi connectivity index (χ0) is 15.3. The first kappa shape index (κ1) is 15.8. The minimum absolute atomic E-state index is 0.0479. The van der Waals surface area contributed by atoms with E-state index in [1.54, 1.807) is 0 Å². The van der Waals surface area contributed by atoms with Crippen LogP contribution in [0, 0.1) is 5.92 Å². The first-order chi connectivity index (χ1) is 10.1. The molecule has 0 heterocycles. The van der Waals surface area contributed by atoms with Crippen molar-refractivity contribution in [1.82, 2.24) is 10.6 Å². The molecule has 2 rings (SSSR count). The van der Waals surface area contributed by atoms with Gasteiger partial charge >= 0.3 is 6.03 Å². The van der Waals surface area contributed by atoms with Crippen LogP contribution in [0.5, 0.6) is 0 Å². The Hall–Kier alpha value is -1.55. The number of urea groups is 1. The topological polar surface area (TPSA) is 61.4 Å². The van der Waals surface area contributed by atoms with Crippen LogP contribution in [-0.2, 0) is 0 Å². The van der Waals surface area contributed by atoms with Crippen LogP contribution >= 0.6 is 0 Å². The summed E-state index contributed by atoms with van der Waals surface area (Å²) in [4.78, 5) is 12.3. The molecular weight excluding hydrogens is 264 g/mol. The van der Waals surface area contributed by atoms with Crippen molar-refractivity contribution in [2.45, 2.75) is 51.1 Å². The molecule has 1 aliphatic carbocycles. The summed E-state index contributed by atoms with van der Waals surface area (Å²) in [6, 6.07) is 9.97. The second-order valence-electron chi connectivity index (χ2n) is 6.29. The van der Waals surface area contributed by atoms with E-state index in [4.69, 9.17) is 0 Å². The molecule has 3 N–H and O–H groups in total. The van der Waals surface area contributed by atoms with Gasteiger partial charge in [0.2, 0.25) is 0 Å². The Balaban J connectivity index is 1.99. The lowest BCUT2D eigenvalue weighted by Crippen LogP contribution is -2.53. The van der Waals surface area contributed by atoms with E-state index in [0.29, 0.717) is 5.92 Å². The van der Waals surface area contributed by atoms with E-state index in [1.807, 2.05) is 32.0 Å². The minimum Gasteiger partial charge on any atom is -0.394 e. The fraction of sp³-hybridized carbons (Fsp3) is 0.588. The van der Waals surface area contributed by atoms with Crippen molar-refractivity contribution in [3.05, 3.63) is 35.9 Å². The fourth-order valence-corrected chi connectivity index (χ4v) is 2.75. The highest BCUT2D eigenvalue weighted by Gasteiger charge is 2.34. The van der Waals surface area contributed by atoms with E-state index in [0.717, 1.165) is 31.2 Å². The Labute approximate surface area is 126 Å². The Kier molecular flexibility index (Phi) is 5.23. The van der Waals surface area contributed by atoms with Gasteiger partial charge in [-0.05, 0) is 37.7 Å². The van der Waals surface area contributed by atoms with Gasteiger partial charge in [-0.25, -0.2) is 4.79 Å². The molecule has 0 saturated heterocycles. The maximum Gasteiger partial charge on any atom is 0.315 e. The molecule has 0 spiro atoms. The van der Waals surface area contributed by atoms with Crippen LogP contribution in [0.3, 0.4) is 0 Å². The van der Waals surface area contributed by atoms with Crippen molar-refractivity contribution in [2.24, 2.45) is 5.92 Å². The monoisotopic (exact) mass is 290 g/mol. The smallest absolute Gasteiger partial charge is 0.315 e. The molecule has 2 atom stereocenters. The first-order valence-corrected chi connectivity index (χ1v) is 7.82. The molecule has 4 nitrogen and oxygen atoms in total. The van der Waals surface area contributed by atoms with Gasteiger partial charge in [0.1, 0.15) is 0 Å². The molecular formula is C17H26N2O2. The highest BCUT2D eigenvalue weighted by molar-refractivity contribution is 5.75. The zero-order valence-corrected chi connectivity index (χ0v) is 12.9. The third kappa shape index (κ3) is 4.46. The first-order valence-electron chi connectivity index (χ1n) is 7.82. The van der Waals surface area contributed by atoms with Gasteiger partial charge in [-0.2, -0.15) is 0 Å². The molecule has 1 fully saturated rings. The number of amides is 2. The van der Waals surface area contributed by atoms with E-state index in [9.17, 15) is 9.90 Å². The molecule has 4 heteroatoms. The van der Waals surface area contributed by atoms with Gasteiger partial charge in [-0.1, -0.05) is 43.7 Å². The summed E-state index contributed by atoms with van der Waals surface area (Å²) in [5.74, 6) is 0.532. The quantitative estimate of drug-likeness (QED) is 0.723. The Morgan fingerprint density at radius 1 is 1.38 bits per heavy atom. The number of nitrogens with one attached hydrogen (secondary N) is 2. The van der Waals surface area contributed by atoms with Crippen molar-refractivity contribution < 1.29 is 9.90 Å². The van der Waals surface area contributed by atoms with Crippen LogP contribution in [0.25, 0.3) is 0 Å². The summed E-state index contributed by atoms with van der Waals surface area (Å²) < 4.78 is 0. The number of aliphatic hydroxyl groups excluding tert-OH is 1. The summed E-state index contributed by atoms with van der Waals surface area (Å²) in [6.07, 6.45) is 4.00. The molecule has 21 heavy (non-hydrogen) atoms. The van der Waals surface area contributed by atoms with Crippen LogP contribution < -0.4 is 10.6 Å². The van der Waals surface area contributed by atoms with Gasteiger partial charge < -0.3 is 15.7 Å². The van der Waals surface area contributed by atoms with Crippen LogP contribution in [0.15, 0.2) is 30.3 Å². The predicted molar refractivity (Wildman–Crippen MR) is 84.0 cm³/mol. The van der Waals surface area contributed by atoms with Gasteiger partial charge in [0.15, 0.2) is 0 Å². The highest BCUT2D eigenvalue weighted by atomic mass is 16.3. The summed E-state index contributed by atoms with van der Waals surface area (Å²) in [7, 11) is 0. The maximum absolute atomic E-state index is 12.3. The zero-order valence-electron chi connectivity index (χ0n) is 12.9. The number of carbonyl (C=O) groups excluding carboxylic acids is 1. The van der Waals surface area contributed by atoms with E-state index in [-0.39, 0.29) is 18.7 Å². The van der Waals surface area contributed by atoms with Gasteiger partial charge in [-0.3, -0.25) is 0 Å². The number of hydrogen-bond donors (Lipinski definition) is 3. The molecule has 1 aliphatic rings. The largest absolute Gasteiger partial charge is 0.394 e. The van der Waals surface area contributed by atoms with Gasteiger partial charge in [-0.15, -0.1) is 0 Å². The van der Waals surface area contributed by atoms with Crippen molar-refractivity contribution in [3.63, 3.8) is 0 Å². The summed E-state index contributed by atoms with van der Waals surface area (Å²) in [5, 5.41) is 15.5. The average molecular weight is 290 g/mol. The molecule has 0 aromatic heterocycles. The lowest BCUT2D eigenvalue weighted by Gasteiger charge is -2.30. The number of rotatable bonds is 7. The second kappa shape index (κ2) is 6.94. The lowest BCUT2D eigenvalue weighted by molar-refractivity contribution is 0.161. The molecule has 0 aliphatic heterocycles. The maximum atomic E-state index is 12.3. The van der Waals surface area contributed by atoms with Crippen molar-refractivity contribution >= 4 is 6.03 Å². The van der Waals surface area contributed by atoms with Gasteiger partial charge in [0.25, 0.3) is 0 Å². The molecule has 2 amide bonds. The highest BCUT2D eigenvalue weighted by Crippen LogP contribution is 2.40. The Bertz CT molecular complexity index is 459. The van der Waals surface area contributed by atoms with Crippen molar-refractivity contribution in [1.29, 1.82) is 0 Å². The predicted octanol–water partition coefficient (Wildman–Crippen LogP) is 2.99. The number of benzene rings is 1. The summed E-state index contributed by atoms with van der Waals surface area (Å²) >= 11 is 0. The molecule has 0 bridgehead atoms. The average Bonchev–Trinajstić information content (AvgIpc) is 3.30. The summed E-state index contributed by atoms with van der Waals surface area (Å²) in [6.45, 7) is 3.88.